The monoisotopic (exact) mass is 287 g/mol. The lowest BCUT2D eigenvalue weighted by Crippen LogP contribution is -2.43. The van der Waals surface area contributed by atoms with Crippen LogP contribution in [0.2, 0.25) is 0 Å². The number of likely N-dealkylation sites (N-methyl/N-ethyl adjacent to an activating group) is 1. The Morgan fingerprint density at radius 2 is 2.00 bits per heavy atom. The summed E-state index contributed by atoms with van der Waals surface area (Å²) in [6.07, 6.45) is 0. The van der Waals surface area contributed by atoms with E-state index >= 15 is 0 Å². The maximum atomic E-state index is 9.71. The fraction of sp³-hybridized carbons (Fsp3) is 0.500. The molecule has 0 heterocycles. The molecule has 1 aromatic rings. The molecule has 0 aliphatic carbocycles. The summed E-state index contributed by atoms with van der Waals surface area (Å²) >= 11 is 3.37. The van der Waals surface area contributed by atoms with Gasteiger partial charge in [0.05, 0.1) is 6.61 Å². The van der Waals surface area contributed by atoms with Gasteiger partial charge in [0.1, 0.15) is 5.75 Å². The molecular formula is C12H18BrNO2. The van der Waals surface area contributed by atoms with Gasteiger partial charge in [-0.1, -0.05) is 15.9 Å². The Balaban J connectivity index is 2.84. The number of phenolic OH excluding ortho intramolecular Hbond substituents is 1. The van der Waals surface area contributed by atoms with Gasteiger partial charge in [0.25, 0.3) is 0 Å². The van der Waals surface area contributed by atoms with Crippen molar-refractivity contribution in [3.8, 4) is 5.75 Å². The largest absolute Gasteiger partial charge is 0.508 e. The molecule has 0 atom stereocenters. The molecule has 0 saturated carbocycles. The summed E-state index contributed by atoms with van der Waals surface area (Å²) in [5.74, 6) is 0.281. The van der Waals surface area contributed by atoms with E-state index in [0.717, 1.165) is 10.0 Å². The molecule has 0 unspecified atom stereocenters. The van der Waals surface area contributed by atoms with Gasteiger partial charge in [0, 0.05) is 22.1 Å². The van der Waals surface area contributed by atoms with Gasteiger partial charge in [-0.2, -0.15) is 0 Å². The van der Waals surface area contributed by atoms with E-state index in [0.29, 0.717) is 6.54 Å². The summed E-state index contributed by atoms with van der Waals surface area (Å²) in [5.41, 5.74) is 0.549. The van der Waals surface area contributed by atoms with Gasteiger partial charge in [-0.15, -0.1) is 0 Å². The molecule has 0 radical (unpaired) electrons. The number of hydrogen-bond acceptors (Lipinski definition) is 3. The van der Waals surface area contributed by atoms with E-state index in [1.165, 1.54) is 0 Å². The number of phenols is 1. The molecule has 0 saturated heterocycles. The number of aliphatic hydroxyl groups excluding tert-OH is 1. The minimum Gasteiger partial charge on any atom is -0.508 e. The normalized spacial score (nSPS) is 12.1. The van der Waals surface area contributed by atoms with E-state index in [1.54, 1.807) is 12.1 Å². The lowest BCUT2D eigenvalue weighted by molar-refractivity contribution is 0.0728. The van der Waals surface area contributed by atoms with Crippen LogP contribution in [0.15, 0.2) is 22.7 Å². The average Bonchev–Trinajstić information content (AvgIpc) is 2.23. The van der Waals surface area contributed by atoms with Crippen LogP contribution in [-0.4, -0.2) is 34.3 Å². The molecule has 0 amide bonds. The number of rotatable bonds is 4. The summed E-state index contributed by atoms with van der Waals surface area (Å²) < 4.78 is 0.940. The van der Waals surface area contributed by atoms with E-state index in [2.05, 4.69) is 15.9 Å². The number of nitrogens with zero attached hydrogens (tertiary/aromatic N) is 1. The Labute approximate surface area is 105 Å². The summed E-state index contributed by atoms with van der Waals surface area (Å²) in [6.45, 7) is 4.60. The van der Waals surface area contributed by atoms with Gasteiger partial charge in [0.2, 0.25) is 0 Å². The zero-order chi connectivity index (χ0) is 12.3. The first-order chi connectivity index (χ1) is 7.36. The summed E-state index contributed by atoms with van der Waals surface area (Å²) in [5, 5.41) is 19.0. The molecule has 0 bridgehead atoms. The van der Waals surface area contributed by atoms with Crippen molar-refractivity contribution >= 4 is 15.9 Å². The third-order valence-electron chi connectivity index (χ3n) is 2.87. The van der Waals surface area contributed by atoms with Crippen molar-refractivity contribution in [1.29, 1.82) is 0 Å². The molecular weight excluding hydrogens is 270 g/mol. The number of aliphatic hydroxyl groups is 1. The third-order valence-corrected chi connectivity index (χ3v) is 3.36. The predicted octanol–water partition coefficient (Wildman–Crippen LogP) is 2.36. The zero-order valence-corrected chi connectivity index (χ0v) is 11.5. The van der Waals surface area contributed by atoms with Crippen molar-refractivity contribution < 1.29 is 10.2 Å². The van der Waals surface area contributed by atoms with E-state index in [9.17, 15) is 10.2 Å². The highest BCUT2D eigenvalue weighted by atomic mass is 79.9. The van der Waals surface area contributed by atoms with Crippen LogP contribution in [0.3, 0.4) is 0 Å². The molecule has 0 aromatic heterocycles. The maximum Gasteiger partial charge on any atom is 0.120 e. The van der Waals surface area contributed by atoms with Gasteiger partial charge < -0.3 is 10.2 Å². The Kier molecular flexibility index (Phi) is 4.35. The average molecular weight is 288 g/mol. The second-order valence-electron chi connectivity index (χ2n) is 4.60. The second-order valence-corrected chi connectivity index (χ2v) is 5.52. The molecule has 0 fully saturated rings. The lowest BCUT2D eigenvalue weighted by Gasteiger charge is -2.34. The van der Waals surface area contributed by atoms with Crippen LogP contribution in [-0.2, 0) is 6.54 Å². The lowest BCUT2D eigenvalue weighted by atomic mass is 10.0. The van der Waals surface area contributed by atoms with Gasteiger partial charge in [-0.25, -0.2) is 0 Å². The number of benzene rings is 1. The first-order valence-corrected chi connectivity index (χ1v) is 5.95. The van der Waals surface area contributed by atoms with E-state index in [-0.39, 0.29) is 17.9 Å². The molecule has 1 aromatic carbocycles. The van der Waals surface area contributed by atoms with Crippen molar-refractivity contribution in [2.45, 2.75) is 25.9 Å². The molecule has 1 rings (SSSR count). The predicted molar refractivity (Wildman–Crippen MR) is 68.4 cm³/mol. The minimum atomic E-state index is -0.297. The zero-order valence-electron chi connectivity index (χ0n) is 9.87. The van der Waals surface area contributed by atoms with Crippen LogP contribution in [0.25, 0.3) is 0 Å². The van der Waals surface area contributed by atoms with Gasteiger partial charge in [-0.3, -0.25) is 4.90 Å². The number of hydrogen-bond donors (Lipinski definition) is 2. The quantitative estimate of drug-likeness (QED) is 0.894. The van der Waals surface area contributed by atoms with Crippen molar-refractivity contribution in [3.05, 3.63) is 28.2 Å². The van der Waals surface area contributed by atoms with E-state index in [1.807, 2.05) is 31.9 Å². The molecule has 2 N–H and O–H groups in total. The van der Waals surface area contributed by atoms with Crippen molar-refractivity contribution in [3.63, 3.8) is 0 Å². The van der Waals surface area contributed by atoms with Crippen molar-refractivity contribution in [1.82, 2.24) is 4.90 Å². The van der Waals surface area contributed by atoms with Crippen molar-refractivity contribution in [2.75, 3.05) is 13.7 Å². The van der Waals surface area contributed by atoms with Crippen LogP contribution < -0.4 is 0 Å². The maximum absolute atomic E-state index is 9.71. The molecule has 0 aliphatic rings. The van der Waals surface area contributed by atoms with Gasteiger partial charge in [0.15, 0.2) is 0 Å². The van der Waals surface area contributed by atoms with E-state index < -0.39 is 0 Å². The molecule has 4 heteroatoms. The van der Waals surface area contributed by atoms with Crippen LogP contribution in [0.4, 0.5) is 0 Å². The second kappa shape index (κ2) is 5.17. The molecule has 0 spiro atoms. The fourth-order valence-electron chi connectivity index (χ4n) is 1.27. The molecule has 16 heavy (non-hydrogen) atoms. The van der Waals surface area contributed by atoms with Crippen molar-refractivity contribution in [2.24, 2.45) is 0 Å². The van der Waals surface area contributed by atoms with Crippen LogP contribution in [0.5, 0.6) is 5.75 Å². The van der Waals surface area contributed by atoms with E-state index in [4.69, 9.17) is 0 Å². The Hall–Kier alpha value is -0.580. The Bertz CT molecular complexity index is 366. The summed E-state index contributed by atoms with van der Waals surface area (Å²) in [7, 11) is 1.93. The van der Waals surface area contributed by atoms with Crippen LogP contribution in [0.1, 0.15) is 19.4 Å². The third kappa shape index (κ3) is 3.20. The van der Waals surface area contributed by atoms with Gasteiger partial charge >= 0.3 is 0 Å². The molecule has 90 valence electrons. The SMILES string of the molecule is CN(Cc1cc(Br)ccc1O)C(C)(C)CO. The molecule has 0 aliphatic heterocycles. The molecule has 3 nitrogen and oxygen atoms in total. The first-order valence-electron chi connectivity index (χ1n) is 5.16. The minimum absolute atomic E-state index is 0.0816. The standard InChI is InChI=1S/C12H18BrNO2/c1-12(2,8-15)14(3)7-9-6-10(13)4-5-11(9)16/h4-6,15-16H,7-8H2,1-3H3. The van der Waals surface area contributed by atoms with Crippen LogP contribution >= 0.6 is 15.9 Å². The summed E-state index contributed by atoms with van der Waals surface area (Å²) in [6, 6.07) is 5.36. The number of halogens is 1. The van der Waals surface area contributed by atoms with Crippen LogP contribution in [0, 0.1) is 0 Å². The Morgan fingerprint density at radius 1 is 1.38 bits per heavy atom. The highest BCUT2D eigenvalue weighted by Crippen LogP contribution is 2.25. The highest BCUT2D eigenvalue weighted by Gasteiger charge is 2.23. The fourth-order valence-corrected chi connectivity index (χ4v) is 1.68. The topological polar surface area (TPSA) is 43.7 Å². The first kappa shape index (κ1) is 13.5. The Morgan fingerprint density at radius 3 is 2.56 bits per heavy atom. The summed E-state index contributed by atoms with van der Waals surface area (Å²) in [4.78, 5) is 2.01. The highest BCUT2D eigenvalue weighted by molar-refractivity contribution is 9.10. The van der Waals surface area contributed by atoms with Gasteiger partial charge in [-0.05, 0) is 39.1 Å². The smallest absolute Gasteiger partial charge is 0.120 e. The number of aromatic hydroxyl groups is 1.